The molecule has 0 atom stereocenters. The van der Waals surface area contributed by atoms with Crippen molar-refractivity contribution >= 4 is 38.0 Å². The van der Waals surface area contributed by atoms with Crippen LogP contribution in [0, 0.1) is 0 Å². The molecule has 5 nitrogen and oxygen atoms in total. The van der Waals surface area contributed by atoms with Gasteiger partial charge in [-0.2, -0.15) is 4.98 Å². The summed E-state index contributed by atoms with van der Waals surface area (Å²) in [5, 5.41) is 11.0. The van der Waals surface area contributed by atoms with E-state index in [2.05, 4.69) is 38.7 Å². The fraction of sp³-hybridized carbons (Fsp3) is 0.467. The summed E-state index contributed by atoms with van der Waals surface area (Å²) in [6, 6.07) is 2.30. The van der Waals surface area contributed by atoms with E-state index in [1.54, 1.807) is 0 Å². The fourth-order valence-electron chi connectivity index (χ4n) is 2.71. The summed E-state index contributed by atoms with van der Waals surface area (Å²) in [5.74, 6) is 1.43. The fourth-order valence-corrected chi connectivity index (χ4v) is 5.00. The van der Waals surface area contributed by atoms with Crippen molar-refractivity contribution in [1.82, 2.24) is 15.5 Å². The first-order valence-electron chi connectivity index (χ1n) is 7.60. The summed E-state index contributed by atoms with van der Waals surface area (Å²) < 4.78 is 6.86. The highest BCUT2D eigenvalue weighted by atomic mass is 32.2. The van der Waals surface area contributed by atoms with E-state index in [9.17, 15) is 0 Å². The van der Waals surface area contributed by atoms with Crippen LogP contribution in [0.25, 0.3) is 9.40 Å². The van der Waals surface area contributed by atoms with Crippen molar-refractivity contribution in [2.75, 3.05) is 31.1 Å². The molecule has 3 aromatic rings. The van der Waals surface area contributed by atoms with Crippen molar-refractivity contribution in [2.45, 2.75) is 19.8 Å². The molecule has 0 unspecified atom stereocenters. The Morgan fingerprint density at radius 2 is 2.23 bits per heavy atom. The molecular formula is C15H18N4OS2. The second kappa shape index (κ2) is 5.98. The van der Waals surface area contributed by atoms with Crippen LogP contribution in [0.1, 0.15) is 23.3 Å². The molecule has 4 heterocycles. The third-order valence-electron chi connectivity index (χ3n) is 3.95. The van der Waals surface area contributed by atoms with Crippen LogP contribution in [0.15, 0.2) is 16.0 Å². The molecule has 0 amide bonds. The zero-order valence-electron chi connectivity index (χ0n) is 12.5. The lowest BCUT2D eigenvalue weighted by Gasteiger charge is -2.25. The quantitative estimate of drug-likeness (QED) is 0.795. The molecule has 1 aliphatic rings. The molecule has 0 aromatic carbocycles. The predicted molar refractivity (Wildman–Crippen MR) is 91.3 cm³/mol. The van der Waals surface area contributed by atoms with Gasteiger partial charge >= 0.3 is 0 Å². The molecule has 3 aromatic heterocycles. The lowest BCUT2D eigenvalue weighted by Crippen LogP contribution is -2.44. The molecule has 22 heavy (non-hydrogen) atoms. The lowest BCUT2D eigenvalue weighted by molar-refractivity contribution is 0.383. The minimum absolute atomic E-state index is 0.706. The molecule has 0 saturated carbocycles. The van der Waals surface area contributed by atoms with Gasteiger partial charge in [-0.1, -0.05) is 6.92 Å². The smallest absolute Gasteiger partial charge is 0.266 e. The maximum Gasteiger partial charge on any atom is 0.266 e. The van der Waals surface area contributed by atoms with E-state index in [1.807, 2.05) is 22.7 Å². The van der Waals surface area contributed by atoms with Gasteiger partial charge in [-0.25, -0.2) is 0 Å². The Balaban J connectivity index is 1.54. The molecule has 4 rings (SSSR count). The molecular weight excluding hydrogens is 316 g/mol. The van der Waals surface area contributed by atoms with Crippen molar-refractivity contribution in [3.63, 3.8) is 0 Å². The summed E-state index contributed by atoms with van der Waals surface area (Å²) in [6.07, 6.45) is 1.82. The lowest BCUT2D eigenvalue weighted by atomic mass is 10.1. The van der Waals surface area contributed by atoms with E-state index in [0.29, 0.717) is 5.89 Å². The van der Waals surface area contributed by atoms with Gasteiger partial charge in [0.1, 0.15) is 0 Å². The van der Waals surface area contributed by atoms with Crippen LogP contribution in [0.5, 0.6) is 0 Å². The number of aromatic nitrogens is 2. The third kappa shape index (κ3) is 2.64. The second-order valence-corrected chi connectivity index (χ2v) is 7.71. The van der Waals surface area contributed by atoms with Gasteiger partial charge in [0.25, 0.3) is 5.95 Å². The van der Waals surface area contributed by atoms with Crippen molar-refractivity contribution in [1.29, 1.82) is 0 Å². The van der Waals surface area contributed by atoms with Crippen LogP contribution in [-0.2, 0) is 12.8 Å². The highest BCUT2D eigenvalue weighted by Crippen LogP contribution is 2.35. The van der Waals surface area contributed by atoms with E-state index >= 15 is 0 Å². The van der Waals surface area contributed by atoms with Crippen molar-refractivity contribution in [3.8, 4) is 0 Å². The van der Waals surface area contributed by atoms with Gasteiger partial charge in [0.2, 0.25) is 5.89 Å². The molecule has 1 aliphatic heterocycles. The van der Waals surface area contributed by atoms with E-state index in [0.717, 1.165) is 45.0 Å². The van der Waals surface area contributed by atoms with Crippen LogP contribution < -0.4 is 10.2 Å². The minimum Gasteiger partial charge on any atom is -0.337 e. The zero-order chi connectivity index (χ0) is 14.9. The molecule has 0 radical (unpaired) electrons. The highest BCUT2D eigenvalue weighted by molar-refractivity contribution is 7.37. The minimum atomic E-state index is 0.706. The Bertz CT molecular complexity index is 770. The topological polar surface area (TPSA) is 54.2 Å². The summed E-state index contributed by atoms with van der Waals surface area (Å²) in [5.41, 5.74) is 1.30. The number of aryl methyl sites for hydroxylation is 1. The maximum absolute atomic E-state index is 5.46. The first kappa shape index (κ1) is 14.2. The number of hydrogen-bond donors (Lipinski definition) is 1. The molecule has 0 aliphatic carbocycles. The summed E-state index contributed by atoms with van der Waals surface area (Å²) in [4.78, 5) is 8.18. The first-order valence-corrected chi connectivity index (χ1v) is 9.30. The van der Waals surface area contributed by atoms with E-state index in [1.165, 1.54) is 19.8 Å². The first-order chi connectivity index (χ1) is 10.8. The summed E-state index contributed by atoms with van der Waals surface area (Å²) >= 11 is 3.71. The molecule has 1 saturated heterocycles. The summed E-state index contributed by atoms with van der Waals surface area (Å²) in [6.45, 7) is 6.03. The SMILES string of the molecule is CCc1cc2c(Cc3nc(N4CCNCC4)no3)csc2s1. The number of nitrogens with one attached hydrogen (secondary N) is 1. The number of anilines is 1. The predicted octanol–water partition coefficient (Wildman–Crippen LogP) is 2.91. The average molecular weight is 334 g/mol. The molecule has 0 spiro atoms. The largest absolute Gasteiger partial charge is 0.337 e. The Kier molecular flexibility index (Phi) is 3.85. The summed E-state index contributed by atoms with van der Waals surface area (Å²) in [7, 11) is 0. The van der Waals surface area contributed by atoms with Crippen molar-refractivity contribution < 1.29 is 4.52 Å². The van der Waals surface area contributed by atoms with E-state index in [4.69, 9.17) is 4.52 Å². The molecule has 116 valence electrons. The van der Waals surface area contributed by atoms with Gasteiger partial charge in [0.15, 0.2) is 0 Å². The maximum atomic E-state index is 5.46. The zero-order valence-corrected chi connectivity index (χ0v) is 14.1. The normalized spacial score (nSPS) is 15.8. The highest BCUT2D eigenvalue weighted by Gasteiger charge is 2.18. The Morgan fingerprint density at radius 1 is 1.36 bits per heavy atom. The molecule has 0 bridgehead atoms. The number of piperazine rings is 1. The van der Waals surface area contributed by atoms with Crippen LogP contribution in [-0.4, -0.2) is 36.3 Å². The van der Waals surface area contributed by atoms with Crippen LogP contribution in [0.4, 0.5) is 5.95 Å². The monoisotopic (exact) mass is 334 g/mol. The third-order valence-corrected chi connectivity index (χ3v) is 6.40. The van der Waals surface area contributed by atoms with Crippen LogP contribution in [0.3, 0.4) is 0 Å². The molecule has 7 heteroatoms. The average Bonchev–Trinajstić information content (AvgIpc) is 3.25. The van der Waals surface area contributed by atoms with Crippen molar-refractivity contribution in [3.05, 3.63) is 27.8 Å². The Morgan fingerprint density at radius 3 is 3.05 bits per heavy atom. The van der Waals surface area contributed by atoms with Crippen LogP contribution in [0.2, 0.25) is 0 Å². The van der Waals surface area contributed by atoms with Gasteiger partial charge < -0.3 is 14.7 Å². The number of rotatable bonds is 4. The van der Waals surface area contributed by atoms with Crippen molar-refractivity contribution in [2.24, 2.45) is 0 Å². The van der Waals surface area contributed by atoms with Gasteiger partial charge in [0.05, 0.1) is 10.4 Å². The Hall–Kier alpha value is -1.44. The van der Waals surface area contributed by atoms with E-state index in [-0.39, 0.29) is 0 Å². The van der Waals surface area contributed by atoms with Gasteiger partial charge in [-0.15, -0.1) is 22.7 Å². The molecule has 1 N–H and O–H groups in total. The Labute approximate surface area is 136 Å². The number of fused-ring (bicyclic) bond motifs is 1. The van der Waals surface area contributed by atoms with Gasteiger partial charge in [-0.05, 0) is 28.6 Å². The van der Waals surface area contributed by atoms with E-state index < -0.39 is 0 Å². The number of nitrogens with zero attached hydrogens (tertiary/aromatic N) is 3. The van der Waals surface area contributed by atoms with Gasteiger partial charge in [0, 0.05) is 36.4 Å². The van der Waals surface area contributed by atoms with Crippen LogP contribution >= 0.6 is 22.7 Å². The second-order valence-electron chi connectivity index (χ2n) is 5.43. The molecule has 1 fully saturated rings. The number of hydrogen-bond acceptors (Lipinski definition) is 7. The van der Waals surface area contributed by atoms with Gasteiger partial charge in [-0.3, -0.25) is 0 Å². The standard InChI is InChI=1S/C15H18N4OS2/c1-2-11-8-12-10(9-21-14(12)22-11)7-13-17-15(18-20-13)19-5-3-16-4-6-19/h8-9,16H,2-7H2,1H3. The number of thiophene rings is 2.